The van der Waals surface area contributed by atoms with E-state index in [1.54, 1.807) is 19.1 Å². The maximum absolute atomic E-state index is 13.4. The minimum atomic E-state index is -0.992. The van der Waals surface area contributed by atoms with Crippen molar-refractivity contribution in [2.24, 2.45) is 5.18 Å². The van der Waals surface area contributed by atoms with E-state index in [1.807, 2.05) is 22.6 Å². The summed E-state index contributed by atoms with van der Waals surface area (Å²) in [6.07, 6.45) is 0. The van der Waals surface area contributed by atoms with Gasteiger partial charge in [-0.3, -0.25) is 0 Å². The van der Waals surface area contributed by atoms with Crippen LogP contribution >= 0.6 is 38.5 Å². The minimum Gasteiger partial charge on any atom is -0.207 e. The number of nitrogens with zero attached hydrogens (tertiary/aromatic N) is 1. The van der Waals surface area contributed by atoms with Crippen LogP contribution in [0.5, 0.6) is 0 Å². The summed E-state index contributed by atoms with van der Waals surface area (Å²) in [5.41, 5.74) is -0.662. The Hall–Kier alpha value is -0.0400. The molecule has 0 aliphatic rings. The molecule has 0 heterocycles. The lowest BCUT2D eigenvalue weighted by Gasteiger charge is -2.19. The van der Waals surface area contributed by atoms with Crippen LogP contribution in [-0.4, -0.2) is 4.43 Å². The summed E-state index contributed by atoms with van der Waals surface area (Å²) in [5, 5.41) is 2.99. The van der Waals surface area contributed by atoms with Crippen LogP contribution < -0.4 is 0 Å². The van der Waals surface area contributed by atoms with E-state index in [4.69, 9.17) is 0 Å². The van der Waals surface area contributed by atoms with Gasteiger partial charge in [0.2, 0.25) is 0 Å². The molecule has 5 heteroatoms. The molecule has 1 atom stereocenters. The Morgan fingerprint density at radius 3 is 2.79 bits per heavy atom. The maximum Gasteiger partial charge on any atom is 0.136 e. The van der Waals surface area contributed by atoms with Gasteiger partial charge in [-0.1, -0.05) is 43.7 Å². The fourth-order valence-corrected chi connectivity index (χ4v) is 1.97. The Kier molecular flexibility index (Phi) is 4.00. The van der Waals surface area contributed by atoms with E-state index in [0.29, 0.717) is 9.99 Å². The predicted octanol–water partition coefficient (Wildman–Crippen LogP) is 4.00. The van der Waals surface area contributed by atoms with Crippen LogP contribution in [-0.2, 0) is 5.54 Å². The summed E-state index contributed by atoms with van der Waals surface area (Å²) >= 11 is 5.26. The summed E-state index contributed by atoms with van der Waals surface area (Å²) in [6.45, 7) is 1.62. The summed E-state index contributed by atoms with van der Waals surface area (Å²) in [4.78, 5) is 10.7. The van der Waals surface area contributed by atoms with Gasteiger partial charge in [-0.15, -0.1) is 4.91 Å². The molecule has 0 radical (unpaired) electrons. The standard InChI is InChI=1S/C9H8BrFINO/c1-9(5-12,13-14)7-4-6(10)2-3-8(7)11/h2-4H,5H2,1H3. The number of rotatable bonds is 3. The van der Waals surface area contributed by atoms with Crippen molar-refractivity contribution in [2.75, 3.05) is 4.43 Å². The second-order valence-electron chi connectivity index (χ2n) is 3.12. The van der Waals surface area contributed by atoms with Crippen molar-refractivity contribution in [3.63, 3.8) is 0 Å². The zero-order chi connectivity index (χ0) is 10.8. The van der Waals surface area contributed by atoms with Crippen LogP contribution in [0.3, 0.4) is 0 Å². The third kappa shape index (κ3) is 2.31. The van der Waals surface area contributed by atoms with E-state index < -0.39 is 11.4 Å². The van der Waals surface area contributed by atoms with E-state index in [2.05, 4.69) is 21.1 Å². The highest BCUT2D eigenvalue weighted by Crippen LogP contribution is 2.31. The number of halogens is 3. The first-order valence-electron chi connectivity index (χ1n) is 3.89. The maximum atomic E-state index is 13.4. The lowest BCUT2D eigenvalue weighted by atomic mass is 9.95. The van der Waals surface area contributed by atoms with Gasteiger partial charge in [-0.25, -0.2) is 4.39 Å². The first-order valence-corrected chi connectivity index (χ1v) is 6.21. The molecular weight excluding hydrogens is 364 g/mol. The van der Waals surface area contributed by atoms with Gasteiger partial charge in [0.05, 0.1) is 0 Å². The van der Waals surface area contributed by atoms with Crippen molar-refractivity contribution < 1.29 is 4.39 Å². The zero-order valence-corrected chi connectivity index (χ0v) is 11.2. The molecule has 1 unspecified atom stereocenters. The quantitative estimate of drug-likeness (QED) is 0.448. The highest BCUT2D eigenvalue weighted by molar-refractivity contribution is 14.1. The first kappa shape index (κ1) is 12.0. The van der Waals surface area contributed by atoms with Crippen molar-refractivity contribution in [2.45, 2.75) is 12.5 Å². The van der Waals surface area contributed by atoms with Crippen LogP contribution in [0.15, 0.2) is 27.8 Å². The summed E-state index contributed by atoms with van der Waals surface area (Å²) in [7, 11) is 0. The van der Waals surface area contributed by atoms with Crippen molar-refractivity contribution in [1.82, 2.24) is 0 Å². The van der Waals surface area contributed by atoms with Gasteiger partial charge in [-0.2, -0.15) is 0 Å². The van der Waals surface area contributed by atoms with Crippen LogP contribution in [0.2, 0.25) is 0 Å². The first-order chi connectivity index (χ1) is 6.53. The lowest BCUT2D eigenvalue weighted by Crippen LogP contribution is -2.21. The third-order valence-electron chi connectivity index (χ3n) is 1.97. The van der Waals surface area contributed by atoms with E-state index in [0.717, 1.165) is 4.47 Å². The molecule has 0 fully saturated rings. The Morgan fingerprint density at radius 2 is 2.29 bits per heavy atom. The van der Waals surface area contributed by atoms with Crippen LogP contribution in [0.25, 0.3) is 0 Å². The molecule has 76 valence electrons. The number of hydrogen-bond acceptors (Lipinski definition) is 2. The van der Waals surface area contributed by atoms with Crippen molar-refractivity contribution in [1.29, 1.82) is 0 Å². The highest BCUT2D eigenvalue weighted by atomic mass is 127. The van der Waals surface area contributed by atoms with E-state index in [9.17, 15) is 9.30 Å². The topological polar surface area (TPSA) is 29.4 Å². The Balaban J connectivity index is 3.29. The Labute approximate surface area is 104 Å². The van der Waals surface area contributed by atoms with E-state index >= 15 is 0 Å². The number of nitroso groups, excluding NO2 is 1. The molecule has 0 aliphatic heterocycles. The average Bonchev–Trinajstić information content (AvgIpc) is 2.20. The molecule has 2 nitrogen and oxygen atoms in total. The minimum absolute atomic E-state index is 0.330. The van der Waals surface area contributed by atoms with Crippen molar-refractivity contribution in [3.8, 4) is 0 Å². The average molecular weight is 372 g/mol. The molecule has 0 amide bonds. The van der Waals surface area contributed by atoms with E-state index in [-0.39, 0.29) is 0 Å². The van der Waals surface area contributed by atoms with Gasteiger partial charge >= 0.3 is 0 Å². The van der Waals surface area contributed by atoms with Crippen LogP contribution in [0, 0.1) is 10.7 Å². The molecular formula is C9H8BrFINO. The lowest BCUT2D eigenvalue weighted by molar-refractivity contribution is 0.513. The number of hydrogen-bond donors (Lipinski definition) is 0. The summed E-state index contributed by atoms with van der Waals surface area (Å²) < 4.78 is 14.6. The molecule has 0 saturated heterocycles. The van der Waals surface area contributed by atoms with Gasteiger partial charge in [0, 0.05) is 14.5 Å². The fraction of sp³-hybridized carbons (Fsp3) is 0.333. The molecule has 0 spiro atoms. The van der Waals surface area contributed by atoms with Crippen LogP contribution in [0.4, 0.5) is 4.39 Å². The monoisotopic (exact) mass is 371 g/mol. The van der Waals surface area contributed by atoms with Gasteiger partial charge < -0.3 is 0 Å². The predicted molar refractivity (Wildman–Crippen MR) is 66.1 cm³/mol. The molecule has 0 aromatic heterocycles. The second kappa shape index (κ2) is 4.65. The number of benzene rings is 1. The molecule has 0 N–H and O–H groups in total. The van der Waals surface area contributed by atoms with Gasteiger partial charge in [0.25, 0.3) is 0 Å². The SMILES string of the molecule is CC(CI)(N=O)c1cc(Br)ccc1F. The van der Waals surface area contributed by atoms with Gasteiger partial charge in [-0.05, 0) is 25.1 Å². The van der Waals surface area contributed by atoms with Gasteiger partial charge in [0.1, 0.15) is 11.4 Å². The highest BCUT2D eigenvalue weighted by Gasteiger charge is 2.29. The van der Waals surface area contributed by atoms with E-state index in [1.165, 1.54) is 6.07 Å². The molecule has 1 rings (SSSR count). The molecule has 0 aliphatic carbocycles. The Morgan fingerprint density at radius 1 is 1.64 bits per heavy atom. The summed E-state index contributed by atoms with van der Waals surface area (Å²) in [6, 6.07) is 4.52. The molecule has 14 heavy (non-hydrogen) atoms. The van der Waals surface area contributed by atoms with Crippen molar-refractivity contribution >= 4 is 38.5 Å². The second-order valence-corrected chi connectivity index (χ2v) is 4.80. The fourth-order valence-electron chi connectivity index (χ4n) is 1.06. The number of alkyl halides is 1. The zero-order valence-electron chi connectivity index (χ0n) is 7.43. The van der Waals surface area contributed by atoms with Gasteiger partial charge in [0.15, 0.2) is 0 Å². The molecule has 1 aromatic rings. The molecule has 0 saturated carbocycles. The smallest absolute Gasteiger partial charge is 0.136 e. The Bertz CT molecular complexity index is 361. The van der Waals surface area contributed by atoms with Crippen LogP contribution in [0.1, 0.15) is 12.5 Å². The third-order valence-corrected chi connectivity index (χ3v) is 3.95. The van der Waals surface area contributed by atoms with Crippen molar-refractivity contribution in [3.05, 3.63) is 39.0 Å². The largest absolute Gasteiger partial charge is 0.207 e. The molecule has 1 aromatic carbocycles. The molecule has 0 bridgehead atoms. The normalized spacial score (nSPS) is 14.9. The summed E-state index contributed by atoms with van der Waals surface area (Å²) in [5.74, 6) is -0.396.